The SMILES string of the molecule is CCCCCCCCCCCC(=O)O.CN(C)[C@@H]1C(O)=C(C(N)=O)C(=O)[C@@]2(O)C(O)=C3C(=O)c4c(O)cccc4[C@@](C)(O)[C@H]3C[C@@H]12. The summed E-state index contributed by atoms with van der Waals surface area (Å²) in [5.74, 6) is -8.55. The van der Waals surface area contributed by atoms with E-state index < -0.39 is 80.9 Å². The van der Waals surface area contributed by atoms with Gasteiger partial charge in [0, 0.05) is 23.8 Å². The second-order valence-electron chi connectivity index (χ2n) is 12.9. The number of hydrogen-bond donors (Lipinski definition) is 7. The van der Waals surface area contributed by atoms with Crippen LogP contribution in [0.25, 0.3) is 0 Å². The van der Waals surface area contributed by atoms with E-state index in [0.29, 0.717) is 6.42 Å². The number of amides is 1. The average molecular weight is 645 g/mol. The molecule has 0 spiro atoms. The van der Waals surface area contributed by atoms with E-state index >= 15 is 0 Å². The molecule has 4 rings (SSSR count). The summed E-state index contributed by atoms with van der Waals surface area (Å²) < 4.78 is 0. The zero-order valence-corrected chi connectivity index (χ0v) is 27.1. The lowest BCUT2D eigenvalue weighted by Gasteiger charge is -2.52. The van der Waals surface area contributed by atoms with Gasteiger partial charge in [-0.05, 0) is 45.5 Å². The van der Waals surface area contributed by atoms with E-state index in [4.69, 9.17) is 10.8 Å². The van der Waals surface area contributed by atoms with E-state index in [-0.39, 0.29) is 17.5 Å². The lowest BCUT2D eigenvalue weighted by molar-refractivity contribution is -0.152. The zero-order chi connectivity index (χ0) is 34.6. The van der Waals surface area contributed by atoms with Crippen molar-refractivity contribution in [3.8, 4) is 5.75 Å². The second kappa shape index (κ2) is 14.8. The number of aromatic hydroxyl groups is 1. The molecule has 1 aromatic rings. The van der Waals surface area contributed by atoms with Gasteiger partial charge < -0.3 is 36.4 Å². The van der Waals surface area contributed by atoms with Crippen LogP contribution in [-0.4, -0.2) is 84.7 Å². The van der Waals surface area contributed by atoms with Crippen molar-refractivity contribution in [2.75, 3.05) is 14.1 Å². The Morgan fingerprint density at radius 1 is 0.957 bits per heavy atom. The number of unbranched alkanes of at least 4 members (excludes halogenated alkanes) is 8. The Hall–Kier alpha value is -3.74. The minimum Gasteiger partial charge on any atom is -0.510 e. The number of rotatable bonds is 12. The van der Waals surface area contributed by atoms with Crippen LogP contribution >= 0.6 is 0 Å². The number of phenols is 1. The van der Waals surface area contributed by atoms with Crippen molar-refractivity contribution in [3.63, 3.8) is 0 Å². The minimum absolute atomic E-state index is 0.135. The van der Waals surface area contributed by atoms with Gasteiger partial charge in [0.25, 0.3) is 5.91 Å². The Morgan fingerprint density at radius 2 is 1.52 bits per heavy atom. The number of primary amides is 1. The number of aliphatic carboxylic acids is 1. The van der Waals surface area contributed by atoms with Gasteiger partial charge in [0.1, 0.15) is 22.8 Å². The Balaban J connectivity index is 0.000000349. The third kappa shape index (κ3) is 6.84. The van der Waals surface area contributed by atoms with Crippen molar-refractivity contribution in [2.45, 2.75) is 102 Å². The monoisotopic (exact) mass is 644 g/mol. The Bertz CT molecular complexity index is 1410. The Kier molecular flexibility index (Phi) is 11.8. The summed E-state index contributed by atoms with van der Waals surface area (Å²) in [4.78, 5) is 50.1. The molecule has 254 valence electrons. The number of aliphatic hydroxyl groups is 4. The molecule has 0 saturated heterocycles. The van der Waals surface area contributed by atoms with Crippen molar-refractivity contribution < 1.29 is 49.8 Å². The molecule has 3 aliphatic rings. The molecule has 12 heteroatoms. The molecule has 0 aliphatic heterocycles. The van der Waals surface area contributed by atoms with E-state index in [1.165, 1.54) is 89.1 Å². The number of nitrogens with zero attached hydrogens (tertiary/aromatic N) is 1. The van der Waals surface area contributed by atoms with E-state index in [0.717, 1.165) is 12.8 Å². The number of carbonyl (C=O) groups is 4. The van der Waals surface area contributed by atoms with Crippen molar-refractivity contribution in [1.29, 1.82) is 0 Å². The number of likely N-dealkylation sites (N-methyl/N-ethyl adjacent to an activating group) is 1. The number of carbonyl (C=O) groups excluding carboxylic acids is 3. The molecule has 46 heavy (non-hydrogen) atoms. The third-order valence-electron chi connectivity index (χ3n) is 9.52. The Morgan fingerprint density at radius 3 is 2.04 bits per heavy atom. The van der Waals surface area contributed by atoms with Crippen molar-refractivity contribution in [1.82, 2.24) is 4.90 Å². The van der Waals surface area contributed by atoms with Gasteiger partial charge in [0.05, 0.1) is 17.2 Å². The number of phenolic OH excluding ortho intramolecular Hbond substituents is 1. The maximum atomic E-state index is 13.3. The van der Waals surface area contributed by atoms with Crippen LogP contribution in [0.2, 0.25) is 0 Å². The molecule has 5 atom stereocenters. The number of Topliss-reactive ketones (excluding diaryl/α,β-unsaturated/α-hetero) is 2. The number of carboxylic acid groups (broad SMARTS) is 1. The van der Waals surface area contributed by atoms with Gasteiger partial charge in [-0.25, -0.2) is 0 Å². The molecule has 12 nitrogen and oxygen atoms in total. The molecule has 0 fully saturated rings. The number of fused-ring (bicyclic) bond motifs is 3. The highest BCUT2D eigenvalue weighted by atomic mass is 16.4. The summed E-state index contributed by atoms with van der Waals surface area (Å²) in [6.45, 7) is 3.63. The fourth-order valence-electron chi connectivity index (χ4n) is 7.10. The fourth-order valence-corrected chi connectivity index (χ4v) is 7.10. The molecule has 0 unspecified atom stereocenters. The van der Waals surface area contributed by atoms with Gasteiger partial charge >= 0.3 is 5.97 Å². The number of benzene rings is 1. The van der Waals surface area contributed by atoms with Crippen LogP contribution < -0.4 is 5.73 Å². The smallest absolute Gasteiger partial charge is 0.303 e. The van der Waals surface area contributed by atoms with Gasteiger partial charge in [-0.3, -0.25) is 24.1 Å². The second-order valence-corrected chi connectivity index (χ2v) is 12.9. The first-order chi connectivity index (χ1) is 21.5. The van der Waals surface area contributed by atoms with Crippen LogP contribution in [0.5, 0.6) is 5.75 Å². The summed E-state index contributed by atoms with van der Waals surface area (Å²) >= 11 is 0. The molecule has 0 aromatic heterocycles. The fraction of sp³-hybridized carbons (Fsp3) is 0.588. The summed E-state index contributed by atoms with van der Waals surface area (Å²) in [6.07, 6.45) is 11.3. The minimum atomic E-state index is -2.75. The average Bonchev–Trinajstić information content (AvgIpc) is 2.96. The van der Waals surface area contributed by atoms with E-state index in [1.54, 1.807) is 0 Å². The van der Waals surface area contributed by atoms with Crippen LogP contribution in [0.4, 0.5) is 0 Å². The largest absolute Gasteiger partial charge is 0.510 e. The number of aliphatic hydroxyl groups excluding tert-OH is 2. The lowest BCUT2D eigenvalue weighted by Crippen LogP contribution is -2.65. The van der Waals surface area contributed by atoms with E-state index in [9.17, 15) is 44.7 Å². The Labute approximate surface area is 269 Å². The van der Waals surface area contributed by atoms with Crippen LogP contribution in [0.3, 0.4) is 0 Å². The summed E-state index contributed by atoms with van der Waals surface area (Å²) in [5.41, 5.74) is -0.654. The van der Waals surface area contributed by atoms with Crippen LogP contribution in [0, 0.1) is 11.8 Å². The first-order valence-electron chi connectivity index (χ1n) is 16.0. The van der Waals surface area contributed by atoms with E-state index in [1.807, 2.05) is 0 Å². The summed E-state index contributed by atoms with van der Waals surface area (Å²) in [7, 11) is 3.06. The molecule has 8 N–H and O–H groups in total. The molecule has 1 aromatic carbocycles. The molecule has 0 radical (unpaired) electrons. The standard InChI is InChI=1S/C22H24N2O8.C12H24O2/c1-21(31)8-5-4-6-11(25)12(8)16(26)13-9(21)7-10-15(24(2)3)17(27)14(20(23)30)19(29)22(10,32)18(13)28;1-2-3-4-5-6-7-8-9-10-11-12(13)14/h4-6,9-10,15,25,27-28,31-32H,7H2,1-3H3,(H2,23,30);2-11H2,1H3,(H,13,14)/t9-,10-,15-,21+,22-;/m0./s1. The van der Waals surface area contributed by atoms with Crippen LogP contribution in [-0.2, 0) is 20.0 Å². The van der Waals surface area contributed by atoms with Crippen LogP contribution in [0.1, 0.15) is 100 Å². The van der Waals surface area contributed by atoms with Crippen molar-refractivity contribution in [3.05, 3.63) is 52.0 Å². The molecule has 0 bridgehead atoms. The summed E-state index contributed by atoms with van der Waals surface area (Å²) in [6, 6.07) is 3.05. The molecular formula is C34H48N2O10. The van der Waals surface area contributed by atoms with Gasteiger partial charge in [-0.15, -0.1) is 0 Å². The third-order valence-corrected chi connectivity index (χ3v) is 9.52. The molecular weight excluding hydrogens is 596 g/mol. The summed E-state index contributed by atoms with van der Waals surface area (Å²) in [5, 5.41) is 63.4. The van der Waals surface area contributed by atoms with Gasteiger partial charge in [-0.2, -0.15) is 0 Å². The maximum Gasteiger partial charge on any atom is 0.303 e. The van der Waals surface area contributed by atoms with Gasteiger partial charge in [0.15, 0.2) is 11.4 Å². The quantitative estimate of drug-likeness (QED) is 0.128. The first kappa shape index (κ1) is 36.7. The molecule has 3 aliphatic carbocycles. The highest BCUT2D eigenvalue weighted by molar-refractivity contribution is 6.24. The predicted octanol–water partition coefficient (Wildman–Crippen LogP) is 3.78. The number of ketones is 2. The van der Waals surface area contributed by atoms with Gasteiger partial charge in [0.2, 0.25) is 5.78 Å². The lowest BCUT2D eigenvalue weighted by atomic mass is 9.55. The normalized spacial score (nSPS) is 27.1. The van der Waals surface area contributed by atoms with Gasteiger partial charge in [-0.1, -0.05) is 70.4 Å². The first-order valence-corrected chi connectivity index (χ1v) is 16.0. The van der Waals surface area contributed by atoms with Crippen molar-refractivity contribution >= 4 is 23.4 Å². The zero-order valence-electron chi connectivity index (χ0n) is 27.1. The van der Waals surface area contributed by atoms with Crippen LogP contribution in [0.15, 0.2) is 40.9 Å². The number of carboxylic acids is 1. The van der Waals surface area contributed by atoms with E-state index in [2.05, 4.69) is 6.92 Å². The topological polar surface area (TPSA) is 219 Å². The maximum absolute atomic E-state index is 13.3. The molecule has 1 amide bonds. The highest BCUT2D eigenvalue weighted by Crippen LogP contribution is 2.56. The predicted molar refractivity (Wildman–Crippen MR) is 169 cm³/mol. The molecule has 0 saturated carbocycles. The highest BCUT2D eigenvalue weighted by Gasteiger charge is 2.65. The number of hydrogen-bond acceptors (Lipinski definition) is 10. The number of nitrogens with two attached hydrogens (primary N) is 1. The van der Waals surface area contributed by atoms with Crippen molar-refractivity contribution in [2.24, 2.45) is 17.6 Å². The molecule has 0 heterocycles.